The van der Waals surface area contributed by atoms with Crippen molar-refractivity contribution >= 4 is 11.8 Å². The van der Waals surface area contributed by atoms with Crippen LogP contribution < -0.4 is 5.32 Å². The van der Waals surface area contributed by atoms with E-state index >= 15 is 0 Å². The molecule has 7 nitrogen and oxygen atoms in total. The molecule has 10 atom stereocenters. The van der Waals surface area contributed by atoms with Crippen LogP contribution in [0.5, 0.6) is 0 Å². The van der Waals surface area contributed by atoms with E-state index in [9.17, 15) is 33.0 Å². The summed E-state index contributed by atoms with van der Waals surface area (Å²) in [5.74, 6) is -0.662. The van der Waals surface area contributed by atoms with Gasteiger partial charge in [0.2, 0.25) is 0 Å². The summed E-state index contributed by atoms with van der Waals surface area (Å²) in [6, 6.07) is 13.9. The van der Waals surface area contributed by atoms with Crippen LogP contribution >= 0.6 is 0 Å². The number of hydrogen-bond donors (Lipinski definition) is 3. The average Bonchev–Trinajstić information content (AvgIpc) is 3.76. The van der Waals surface area contributed by atoms with Crippen LogP contribution in [0.2, 0.25) is 0 Å². The fourth-order valence-corrected chi connectivity index (χ4v) is 12.3. The van der Waals surface area contributed by atoms with Gasteiger partial charge in [0.25, 0.3) is 0 Å². The molecule has 6 aliphatic carbocycles. The number of aliphatic hydroxyl groups excluding tert-OH is 1. The second kappa shape index (κ2) is 13.1. The SMILES string of the molecule is CC(NC(=O)N(CC1CCCO1)CC1(O)CCC2C34C=CC5(C=C3C(=O)c3cccc(C(F)(F)F)c3)CC(O)CCC5(C)C4CCC21C)c1ccccc1. The lowest BCUT2D eigenvalue weighted by atomic mass is 9.32. The highest BCUT2D eigenvalue weighted by Crippen LogP contribution is 2.78. The lowest BCUT2D eigenvalue weighted by Gasteiger charge is -2.71. The Kier molecular flexibility index (Phi) is 9.05. The molecule has 1 heterocycles. The summed E-state index contributed by atoms with van der Waals surface area (Å²) < 4.78 is 47.8. The van der Waals surface area contributed by atoms with Crippen molar-refractivity contribution in [1.29, 1.82) is 0 Å². The Morgan fingerprint density at radius 1 is 0.963 bits per heavy atom. The molecule has 290 valence electrons. The molecule has 2 bridgehead atoms. The van der Waals surface area contributed by atoms with Gasteiger partial charge in [-0.1, -0.05) is 74.5 Å². The van der Waals surface area contributed by atoms with Gasteiger partial charge >= 0.3 is 12.2 Å². The van der Waals surface area contributed by atoms with Gasteiger partial charge < -0.3 is 25.2 Å². The minimum atomic E-state index is -4.60. The third-order valence-electron chi connectivity index (χ3n) is 15.2. The lowest BCUT2D eigenvalue weighted by Crippen LogP contribution is -2.67. The maximum atomic E-state index is 14.8. The average molecular weight is 747 g/mol. The normalized spacial score (nSPS) is 38.6. The number of carbonyl (C=O) groups is 2. The minimum Gasteiger partial charge on any atom is -0.393 e. The first-order valence-electron chi connectivity index (χ1n) is 19.8. The molecule has 1 aliphatic heterocycles. The van der Waals surface area contributed by atoms with Gasteiger partial charge in [-0.25, -0.2) is 4.79 Å². The summed E-state index contributed by atoms with van der Waals surface area (Å²) in [6.07, 6.45) is 7.01. The van der Waals surface area contributed by atoms with Crippen molar-refractivity contribution in [2.24, 2.45) is 33.5 Å². The van der Waals surface area contributed by atoms with E-state index in [0.29, 0.717) is 57.2 Å². The molecule has 2 amide bonds. The Hall–Kier alpha value is -3.47. The van der Waals surface area contributed by atoms with Crippen LogP contribution in [-0.2, 0) is 10.9 Å². The number of halogens is 3. The van der Waals surface area contributed by atoms with Crippen molar-refractivity contribution in [3.8, 4) is 0 Å². The number of amides is 2. The summed E-state index contributed by atoms with van der Waals surface area (Å²) in [5, 5.41) is 27.2. The standard InChI is InChI=1S/C44H53F3N2O5/c1-28(29-9-5-4-6-10-29)48-38(52)49(26-33-13-8-22-54-33)27-42(53)19-16-36-40(42,3)18-15-35-39(2)17-14-32(50)24-41(39)20-21-43(35,36)34(25-41)37(51)30-11-7-12-31(23-30)44(45,46)47/h4-7,9-12,20-21,23,25,28,32-33,35-36,50,53H,8,13-19,22,24,26-27H2,1-3H3,(H,48,52). The Morgan fingerprint density at radius 3 is 2.41 bits per heavy atom. The third kappa shape index (κ3) is 5.63. The molecule has 2 aromatic carbocycles. The highest BCUT2D eigenvalue weighted by atomic mass is 19.4. The van der Waals surface area contributed by atoms with Crippen LogP contribution in [0.25, 0.3) is 0 Å². The van der Waals surface area contributed by atoms with Crippen LogP contribution in [0.4, 0.5) is 18.0 Å². The Bertz CT molecular complexity index is 1860. The van der Waals surface area contributed by atoms with Crippen molar-refractivity contribution in [2.75, 3.05) is 19.7 Å². The second-order valence-corrected chi connectivity index (χ2v) is 17.8. The molecule has 4 fully saturated rings. The number of ether oxygens (including phenoxy) is 1. The number of Topliss-reactive ketones (excluding diaryl/α,β-unsaturated/α-hetero) is 1. The van der Waals surface area contributed by atoms with Gasteiger partial charge in [0.05, 0.1) is 36.0 Å². The van der Waals surface area contributed by atoms with E-state index in [1.54, 1.807) is 4.90 Å². The lowest BCUT2D eigenvalue weighted by molar-refractivity contribution is -0.175. The smallest absolute Gasteiger partial charge is 0.393 e. The Labute approximate surface area is 316 Å². The molecule has 10 heteroatoms. The first-order valence-corrected chi connectivity index (χ1v) is 19.8. The fraction of sp³-hybridized carbons (Fsp3) is 0.591. The summed E-state index contributed by atoms with van der Waals surface area (Å²) in [5.41, 5.74) is -3.20. The fourth-order valence-electron chi connectivity index (χ4n) is 12.3. The van der Waals surface area contributed by atoms with Gasteiger partial charge in [0.1, 0.15) is 0 Å². The predicted octanol–water partition coefficient (Wildman–Crippen LogP) is 8.43. The number of aliphatic hydroxyl groups is 2. The summed E-state index contributed by atoms with van der Waals surface area (Å²) in [4.78, 5) is 30.7. The largest absolute Gasteiger partial charge is 0.416 e. The van der Waals surface area contributed by atoms with E-state index in [0.717, 1.165) is 37.0 Å². The quantitative estimate of drug-likeness (QED) is 0.186. The van der Waals surface area contributed by atoms with Gasteiger partial charge in [-0.2, -0.15) is 13.2 Å². The van der Waals surface area contributed by atoms with Gasteiger partial charge in [-0.05, 0) is 99.7 Å². The first kappa shape index (κ1) is 37.5. The van der Waals surface area contributed by atoms with Crippen molar-refractivity contribution in [3.05, 3.63) is 95.1 Å². The molecule has 0 radical (unpaired) electrons. The molecule has 2 aromatic rings. The number of ketones is 1. The second-order valence-electron chi connectivity index (χ2n) is 17.8. The van der Waals surface area contributed by atoms with Crippen molar-refractivity contribution in [2.45, 2.75) is 109 Å². The maximum Gasteiger partial charge on any atom is 0.416 e. The zero-order valence-electron chi connectivity index (χ0n) is 31.5. The number of fused-ring (bicyclic) bond motifs is 1. The molecule has 2 spiro atoms. The van der Waals surface area contributed by atoms with E-state index in [1.807, 2.05) is 43.3 Å². The van der Waals surface area contributed by atoms with Crippen LogP contribution in [0.3, 0.4) is 0 Å². The molecule has 3 N–H and O–H groups in total. The molecule has 7 aliphatic rings. The van der Waals surface area contributed by atoms with Crippen LogP contribution in [0.1, 0.15) is 106 Å². The molecule has 10 unspecified atom stereocenters. The van der Waals surface area contributed by atoms with Gasteiger partial charge in [0, 0.05) is 40.5 Å². The highest BCUT2D eigenvalue weighted by Gasteiger charge is 2.74. The Balaban J connectivity index is 1.17. The molecular weight excluding hydrogens is 693 g/mol. The number of benzene rings is 2. The number of rotatable bonds is 8. The third-order valence-corrected chi connectivity index (χ3v) is 15.2. The summed E-state index contributed by atoms with van der Waals surface area (Å²) in [7, 11) is 0. The predicted molar refractivity (Wildman–Crippen MR) is 198 cm³/mol. The van der Waals surface area contributed by atoms with E-state index in [1.165, 1.54) is 12.1 Å². The zero-order valence-corrected chi connectivity index (χ0v) is 31.5. The topological polar surface area (TPSA) is 99.1 Å². The number of allylic oxidation sites excluding steroid dienone is 4. The first-order chi connectivity index (χ1) is 25.6. The zero-order chi connectivity index (χ0) is 38.3. The summed E-state index contributed by atoms with van der Waals surface area (Å²) in [6.45, 7) is 7.38. The van der Waals surface area contributed by atoms with Crippen LogP contribution in [0.15, 0.2) is 78.4 Å². The van der Waals surface area contributed by atoms with E-state index in [4.69, 9.17) is 4.74 Å². The van der Waals surface area contributed by atoms with Crippen molar-refractivity contribution < 1.29 is 37.7 Å². The molecule has 9 rings (SSSR count). The van der Waals surface area contributed by atoms with Gasteiger partial charge in [0.15, 0.2) is 5.78 Å². The van der Waals surface area contributed by atoms with E-state index in [2.05, 4.69) is 31.3 Å². The summed E-state index contributed by atoms with van der Waals surface area (Å²) >= 11 is 0. The molecule has 0 aromatic heterocycles. The van der Waals surface area contributed by atoms with Crippen molar-refractivity contribution in [1.82, 2.24) is 10.2 Å². The number of alkyl halides is 3. The van der Waals surface area contributed by atoms with Gasteiger partial charge in [-0.15, -0.1) is 0 Å². The van der Waals surface area contributed by atoms with E-state index in [-0.39, 0.29) is 47.5 Å². The molecule has 1 saturated heterocycles. The van der Waals surface area contributed by atoms with Crippen LogP contribution in [0, 0.1) is 33.5 Å². The monoisotopic (exact) mass is 746 g/mol. The maximum absolute atomic E-state index is 14.8. The number of nitrogens with one attached hydrogen (secondary N) is 1. The van der Waals surface area contributed by atoms with Gasteiger partial charge in [-0.3, -0.25) is 4.79 Å². The van der Waals surface area contributed by atoms with E-state index < -0.39 is 45.5 Å². The van der Waals surface area contributed by atoms with Crippen LogP contribution in [-0.4, -0.2) is 64.4 Å². The number of carbonyl (C=O) groups excluding carboxylic acids is 2. The number of nitrogens with zero attached hydrogens (tertiary/aromatic N) is 1. The molecular formula is C44H53F3N2O5. The highest BCUT2D eigenvalue weighted by molar-refractivity contribution is 6.10. The molecule has 54 heavy (non-hydrogen) atoms. The minimum absolute atomic E-state index is 0.00732. The Morgan fingerprint density at radius 2 is 1.69 bits per heavy atom. The van der Waals surface area contributed by atoms with Crippen molar-refractivity contribution in [3.63, 3.8) is 0 Å². The number of hydrogen-bond acceptors (Lipinski definition) is 5. The number of urea groups is 1. The molecule has 3 saturated carbocycles.